The van der Waals surface area contributed by atoms with Crippen molar-refractivity contribution in [3.05, 3.63) is 54.3 Å². The molecule has 9 nitrogen and oxygen atoms in total. The van der Waals surface area contributed by atoms with Crippen LogP contribution in [0, 0.1) is 5.82 Å². The quantitative estimate of drug-likeness (QED) is 0.541. The number of rotatable bonds is 7. The van der Waals surface area contributed by atoms with Crippen molar-refractivity contribution in [2.45, 2.75) is 25.4 Å². The molecule has 13 heteroatoms. The fraction of sp³-hybridized carbons (Fsp3) is 0.391. The highest BCUT2D eigenvalue weighted by atomic mass is 32.1. The maximum atomic E-state index is 15.0. The second-order valence-corrected chi connectivity index (χ2v) is 8.02. The van der Waals surface area contributed by atoms with Gasteiger partial charge in [0, 0.05) is 19.5 Å². The first-order valence-corrected chi connectivity index (χ1v) is 11.7. The summed E-state index contributed by atoms with van der Waals surface area (Å²) in [5, 5.41) is 1.78. The van der Waals surface area contributed by atoms with Crippen LogP contribution in [0.4, 0.5) is 35.0 Å². The highest BCUT2D eigenvalue weighted by molar-refractivity contribution is 7.51. The van der Waals surface area contributed by atoms with Gasteiger partial charge in [-0.1, -0.05) is 18.2 Å². The fourth-order valence-corrected chi connectivity index (χ4v) is 3.90. The zero-order chi connectivity index (χ0) is 26.1. The molecule has 2 aromatic rings. The lowest BCUT2D eigenvalue weighted by molar-refractivity contribution is -0.129. The van der Waals surface area contributed by atoms with Gasteiger partial charge in [-0.25, -0.2) is 18.0 Å². The predicted molar refractivity (Wildman–Crippen MR) is 125 cm³/mol. The second-order valence-electron chi connectivity index (χ2n) is 7.88. The zero-order valence-electron chi connectivity index (χ0n) is 19.1. The summed E-state index contributed by atoms with van der Waals surface area (Å²) in [6.45, 7) is 2.02. The lowest BCUT2D eigenvalue weighted by Crippen LogP contribution is -2.31. The van der Waals surface area contributed by atoms with Crippen molar-refractivity contribution in [2.75, 3.05) is 47.6 Å². The molecule has 2 aliphatic heterocycles. The minimum Gasteiger partial charge on any atom is -0.444 e. The third-order valence-corrected chi connectivity index (χ3v) is 5.64. The van der Waals surface area contributed by atoms with E-state index in [9.17, 15) is 18.4 Å². The van der Waals surface area contributed by atoms with E-state index in [0.29, 0.717) is 37.6 Å². The highest BCUT2D eigenvalue weighted by Crippen LogP contribution is 2.29. The van der Waals surface area contributed by atoms with Crippen LogP contribution >= 0.6 is 0 Å². The number of cyclic esters (lactones) is 1. The van der Waals surface area contributed by atoms with E-state index in [4.69, 9.17) is 18.0 Å². The lowest BCUT2D eigenvalue weighted by Gasteiger charge is -2.24. The number of ketones is 1. The summed E-state index contributed by atoms with van der Waals surface area (Å²) in [5.74, 6) is -1.68. The third kappa shape index (κ3) is 7.04. The first-order chi connectivity index (χ1) is 17.3. The monoisotopic (exact) mass is 527 g/mol. The van der Waals surface area contributed by atoms with E-state index in [0.717, 1.165) is 5.69 Å². The van der Waals surface area contributed by atoms with Crippen molar-refractivity contribution in [1.82, 2.24) is 0 Å². The molecule has 0 aliphatic carbocycles. The van der Waals surface area contributed by atoms with Crippen LogP contribution in [0.2, 0.25) is 0 Å². The van der Waals surface area contributed by atoms with Crippen LogP contribution in [0.5, 0.6) is 0 Å². The normalized spacial score (nSPS) is 17.8. The molecule has 4 rings (SSSR count). The lowest BCUT2D eigenvalue weighted by atomic mass is 10.1. The Morgan fingerprint density at radius 3 is 2.44 bits per heavy atom. The molecule has 0 bridgehead atoms. The Balaban J connectivity index is 0.00000115. The number of anilines is 3. The first kappa shape index (κ1) is 27.1. The van der Waals surface area contributed by atoms with Crippen LogP contribution in [0.25, 0.3) is 0 Å². The average molecular weight is 528 g/mol. The topological polar surface area (TPSA) is 96.5 Å². The summed E-state index contributed by atoms with van der Waals surface area (Å²) in [6.07, 6.45) is -4.82. The second kappa shape index (κ2) is 13.0. The Morgan fingerprint density at radius 1 is 1.06 bits per heavy atom. The minimum atomic E-state index is -3.04. The van der Waals surface area contributed by atoms with Gasteiger partial charge < -0.3 is 9.64 Å². The van der Waals surface area contributed by atoms with Crippen LogP contribution in [-0.2, 0) is 25.9 Å². The van der Waals surface area contributed by atoms with Crippen molar-refractivity contribution in [1.29, 1.82) is 0 Å². The first-order valence-electron chi connectivity index (χ1n) is 11.0. The summed E-state index contributed by atoms with van der Waals surface area (Å²) >= 11 is -0.750. The summed E-state index contributed by atoms with van der Waals surface area (Å²) in [7, 11) is 0. The number of halogens is 3. The number of Topliss-reactive ketones (excluding diaryl/α,β-unsaturated/α-hetero) is 1. The van der Waals surface area contributed by atoms with Crippen LogP contribution in [0.15, 0.2) is 48.5 Å². The van der Waals surface area contributed by atoms with Gasteiger partial charge in [-0.3, -0.25) is 19.6 Å². The Kier molecular flexibility index (Phi) is 9.82. The molecule has 36 heavy (non-hydrogen) atoms. The number of carbonyl (C=O) groups is 2. The summed E-state index contributed by atoms with van der Waals surface area (Å²) in [6, 6.07) is 14.1. The van der Waals surface area contributed by atoms with E-state index in [-0.39, 0.29) is 19.4 Å². The predicted octanol–water partition coefficient (Wildman–Crippen LogP) is 3.35. The zero-order valence-corrected chi connectivity index (χ0v) is 19.9. The average Bonchev–Trinajstić information content (AvgIpc) is 3.07. The molecule has 2 fully saturated rings. The molecule has 0 radical (unpaired) electrons. The van der Waals surface area contributed by atoms with Crippen molar-refractivity contribution in [3.63, 3.8) is 0 Å². The van der Waals surface area contributed by atoms with E-state index >= 15 is 4.39 Å². The molecule has 2 heterocycles. The van der Waals surface area contributed by atoms with Crippen molar-refractivity contribution < 1.29 is 40.8 Å². The Hall–Kier alpha value is -3.45. The van der Waals surface area contributed by atoms with Crippen LogP contribution < -0.4 is 14.9 Å². The molecule has 2 aromatic carbocycles. The Labute approximate surface area is 208 Å². The molecule has 1 atom stereocenters. The number of para-hydroxylation sites is 1. The van der Waals surface area contributed by atoms with Crippen molar-refractivity contribution in [3.8, 4) is 0 Å². The van der Waals surface area contributed by atoms with Crippen LogP contribution in [0.3, 0.4) is 0 Å². The molecule has 0 saturated carbocycles. The highest BCUT2D eigenvalue weighted by Gasteiger charge is 2.33. The fourth-order valence-electron chi connectivity index (χ4n) is 3.90. The number of ether oxygens (including phenoxy) is 1. The largest absolute Gasteiger partial charge is 0.444 e. The van der Waals surface area contributed by atoms with Gasteiger partial charge >= 0.3 is 17.7 Å². The number of benzene rings is 2. The van der Waals surface area contributed by atoms with Crippen LogP contribution in [-0.4, -0.2) is 65.6 Å². The van der Waals surface area contributed by atoms with E-state index < -0.39 is 41.8 Å². The molecule has 1 amide bonds. The van der Waals surface area contributed by atoms with Crippen molar-refractivity contribution in [2.24, 2.45) is 0 Å². The van der Waals surface area contributed by atoms with Crippen molar-refractivity contribution >= 4 is 40.5 Å². The van der Waals surface area contributed by atoms with Gasteiger partial charge in [0.15, 0.2) is 5.78 Å². The standard InChI is InChI=1S/C23H24F3N3O4.O2S/c24-19-14-17(28-15-18(33-23(28)31)7-9-21(30)22(25)26)6-8-20(19)27-10-11-29(32-13-12-27)16-4-2-1-3-5-16;1-3-2/h1-6,8,14,18,22H,7,9-13,15H2;/t18-;/m0./s1. The number of hydrogen-bond donors (Lipinski definition) is 0. The number of amides is 1. The van der Waals surface area contributed by atoms with Gasteiger partial charge in [-0.2, -0.15) is 8.42 Å². The Morgan fingerprint density at radius 2 is 1.78 bits per heavy atom. The number of hydroxylamine groups is 1. The van der Waals surface area contributed by atoms with Gasteiger partial charge in [0.25, 0.3) is 6.43 Å². The molecular weight excluding hydrogens is 503 g/mol. The molecule has 0 spiro atoms. The number of nitrogens with zero attached hydrogens (tertiary/aromatic N) is 3. The molecule has 0 aromatic heterocycles. The van der Waals surface area contributed by atoms with E-state index in [2.05, 4.69) is 0 Å². The Bertz CT molecular complexity index is 1090. The molecule has 0 N–H and O–H groups in total. The van der Waals surface area contributed by atoms with Gasteiger partial charge in [0.05, 0.1) is 36.8 Å². The maximum Gasteiger partial charge on any atom is 0.414 e. The van der Waals surface area contributed by atoms with E-state index in [1.807, 2.05) is 35.2 Å². The number of alkyl halides is 2. The maximum absolute atomic E-state index is 15.0. The number of hydrogen-bond acceptors (Lipinski definition) is 8. The number of carbonyl (C=O) groups excluding carboxylic acids is 2. The smallest absolute Gasteiger partial charge is 0.414 e. The van der Waals surface area contributed by atoms with Gasteiger partial charge in [-0.05, 0) is 36.8 Å². The van der Waals surface area contributed by atoms with E-state index in [1.54, 1.807) is 17.2 Å². The molecule has 194 valence electrons. The molecule has 0 unspecified atom stereocenters. The van der Waals surface area contributed by atoms with Crippen LogP contribution in [0.1, 0.15) is 12.8 Å². The molecular formula is C23H24F3N3O6S. The van der Waals surface area contributed by atoms with Gasteiger partial charge in [0.2, 0.25) is 0 Å². The summed E-state index contributed by atoms with van der Waals surface area (Å²) < 4.78 is 61.5. The van der Waals surface area contributed by atoms with Gasteiger partial charge in [-0.15, -0.1) is 0 Å². The summed E-state index contributed by atoms with van der Waals surface area (Å²) in [4.78, 5) is 32.2. The van der Waals surface area contributed by atoms with Gasteiger partial charge in [0.1, 0.15) is 11.9 Å². The minimum absolute atomic E-state index is 0.00231. The SMILES string of the molecule is O=C(CC[C@H]1CN(c2ccc(N3CCON(c4ccccc4)CC3)c(F)c2)C(=O)O1)C(F)F.O=S=O. The third-order valence-electron chi connectivity index (χ3n) is 5.64. The van der Waals surface area contributed by atoms with E-state index in [1.165, 1.54) is 11.0 Å². The molecule has 2 saturated heterocycles. The summed E-state index contributed by atoms with van der Waals surface area (Å²) in [5.41, 5.74) is 1.62. The molecule has 2 aliphatic rings.